The van der Waals surface area contributed by atoms with Crippen molar-refractivity contribution in [2.24, 2.45) is 0 Å². The van der Waals surface area contributed by atoms with Gasteiger partial charge in [0.1, 0.15) is 11.9 Å². The van der Waals surface area contributed by atoms with Gasteiger partial charge < -0.3 is 19.1 Å². The lowest BCUT2D eigenvalue weighted by molar-refractivity contribution is 0.159. The van der Waals surface area contributed by atoms with Crippen molar-refractivity contribution in [2.45, 2.75) is 19.4 Å². The molecule has 0 aromatic heterocycles. The number of nitrogens with zero attached hydrogens (tertiary/aromatic N) is 2. The zero-order valence-electron chi connectivity index (χ0n) is 18.9. The monoisotopic (exact) mass is 464 g/mol. The number of anilines is 1. The third-order valence-electron chi connectivity index (χ3n) is 6.41. The summed E-state index contributed by atoms with van der Waals surface area (Å²) in [5.41, 5.74) is 3.75. The van der Waals surface area contributed by atoms with E-state index < -0.39 is 0 Å². The predicted molar refractivity (Wildman–Crippen MR) is 132 cm³/mol. The molecule has 1 fully saturated rings. The van der Waals surface area contributed by atoms with E-state index in [1.54, 1.807) is 0 Å². The number of ether oxygens (including phenoxy) is 3. The molecule has 3 aromatic rings. The maximum atomic E-state index is 6.42. The molecule has 1 atom stereocenters. The van der Waals surface area contributed by atoms with Gasteiger partial charge in [-0.1, -0.05) is 48.0 Å². The molecule has 0 aliphatic carbocycles. The number of rotatable bonds is 7. The first-order chi connectivity index (χ1) is 16.2. The van der Waals surface area contributed by atoms with E-state index in [4.69, 9.17) is 25.8 Å². The minimum Gasteiger partial charge on any atom is -0.484 e. The summed E-state index contributed by atoms with van der Waals surface area (Å²) in [6, 6.07) is 22.3. The Morgan fingerprint density at radius 1 is 0.909 bits per heavy atom. The molecule has 172 valence electrons. The van der Waals surface area contributed by atoms with Crippen LogP contribution in [0.4, 0.5) is 5.69 Å². The summed E-state index contributed by atoms with van der Waals surface area (Å²) < 4.78 is 17.5. The Labute approximate surface area is 200 Å². The van der Waals surface area contributed by atoms with E-state index in [1.807, 2.05) is 36.4 Å². The minimum atomic E-state index is -0.131. The van der Waals surface area contributed by atoms with Crippen LogP contribution in [-0.4, -0.2) is 44.4 Å². The summed E-state index contributed by atoms with van der Waals surface area (Å²) in [7, 11) is 0. The Kier molecular flexibility index (Phi) is 6.60. The molecule has 0 radical (unpaired) electrons. The maximum Gasteiger partial charge on any atom is 0.231 e. The van der Waals surface area contributed by atoms with Crippen molar-refractivity contribution in [1.82, 2.24) is 4.90 Å². The van der Waals surface area contributed by atoms with Gasteiger partial charge in [0.05, 0.1) is 5.02 Å². The molecule has 2 aliphatic heterocycles. The van der Waals surface area contributed by atoms with Crippen LogP contribution in [0.1, 0.15) is 23.7 Å². The number of piperazine rings is 1. The average Bonchev–Trinajstić information content (AvgIpc) is 3.32. The van der Waals surface area contributed by atoms with Crippen LogP contribution >= 0.6 is 11.6 Å². The van der Waals surface area contributed by atoms with Crippen LogP contribution in [0.2, 0.25) is 5.02 Å². The lowest BCUT2D eigenvalue weighted by Gasteiger charge is -2.37. The van der Waals surface area contributed by atoms with Crippen LogP contribution in [0.3, 0.4) is 0 Å². The van der Waals surface area contributed by atoms with Gasteiger partial charge >= 0.3 is 0 Å². The molecule has 2 heterocycles. The first-order valence-electron chi connectivity index (χ1n) is 11.5. The van der Waals surface area contributed by atoms with E-state index in [-0.39, 0.29) is 12.9 Å². The van der Waals surface area contributed by atoms with Crippen molar-refractivity contribution < 1.29 is 14.2 Å². The SMILES string of the molecule is Cc1ccccc1N1CCN(CCC(Oc2ccccc2Cl)c2ccc3c(c2)OCO3)CC1. The number of aryl methyl sites for hydroxylation is 1. The van der Waals surface area contributed by atoms with Gasteiger partial charge in [0, 0.05) is 44.8 Å². The van der Waals surface area contributed by atoms with Crippen LogP contribution in [0.5, 0.6) is 17.2 Å². The lowest BCUT2D eigenvalue weighted by atomic mass is 10.0. The molecule has 0 amide bonds. The highest BCUT2D eigenvalue weighted by molar-refractivity contribution is 6.32. The van der Waals surface area contributed by atoms with Gasteiger partial charge in [-0.15, -0.1) is 0 Å². The lowest BCUT2D eigenvalue weighted by Crippen LogP contribution is -2.47. The van der Waals surface area contributed by atoms with Crippen LogP contribution in [0.15, 0.2) is 66.7 Å². The molecule has 0 spiro atoms. The second-order valence-electron chi connectivity index (χ2n) is 8.55. The summed E-state index contributed by atoms with van der Waals surface area (Å²) >= 11 is 6.40. The van der Waals surface area contributed by atoms with Crippen molar-refractivity contribution >= 4 is 17.3 Å². The Bertz CT molecular complexity index is 1100. The zero-order valence-corrected chi connectivity index (χ0v) is 19.6. The van der Waals surface area contributed by atoms with Crippen LogP contribution < -0.4 is 19.1 Å². The van der Waals surface area contributed by atoms with E-state index in [0.29, 0.717) is 10.8 Å². The van der Waals surface area contributed by atoms with Crippen LogP contribution in [0, 0.1) is 6.92 Å². The van der Waals surface area contributed by atoms with Gasteiger partial charge in [-0.2, -0.15) is 0 Å². The molecule has 5 rings (SSSR count). The molecule has 2 aliphatic rings. The van der Waals surface area contributed by atoms with Crippen molar-refractivity contribution in [2.75, 3.05) is 44.4 Å². The second kappa shape index (κ2) is 9.94. The van der Waals surface area contributed by atoms with Crippen molar-refractivity contribution in [3.05, 3.63) is 82.9 Å². The number of benzene rings is 3. The second-order valence-corrected chi connectivity index (χ2v) is 8.96. The topological polar surface area (TPSA) is 34.2 Å². The first-order valence-corrected chi connectivity index (χ1v) is 11.9. The van der Waals surface area contributed by atoms with Gasteiger partial charge in [0.15, 0.2) is 11.5 Å². The average molecular weight is 465 g/mol. The molecule has 6 heteroatoms. The number of para-hydroxylation sites is 2. The molecular formula is C27H29ClN2O3. The normalized spacial score (nSPS) is 16.6. The molecule has 5 nitrogen and oxygen atoms in total. The van der Waals surface area contributed by atoms with Gasteiger partial charge in [-0.05, 0) is 48.4 Å². The standard InChI is InChI=1S/C27H29ClN2O3/c1-20-6-2-4-8-23(20)30-16-14-29(15-17-30)13-12-24(33-25-9-5-3-7-22(25)28)21-10-11-26-27(18-21)32-19-31-26/h2-11,18,24H,12-17,19H2,1H3. The molecular weight excluding hydrogens is 436 g/mol. The zero-order chi connectivity index (χ0) is 22.6. The first kappa shape index (κ1) is 21.9. The quantitative estimate of drug-likeness (QED) is 0.447. The largest absolute Gasteiger partial charge is 0.484 e. The molecule has 0 saturated carbocycles. The number of halogens is 1. The van der Waals surface area contributed by atoms with Gasteiger partial charge in [-0.25, -0.2) is 0 Å². The molecule has 0 bridgehead atoms. The third-order valence-corrected chi connectivity index (χ3v) is 6.72. The van der Waals surface area contributed by atoms with E-state index in [9.17, 15) is 0 Å². The van der Waals surface area contributed by atoms with Crippen molar-refractivity contribution in [3.8, 4) is 17.2 Å². The molecule has 33 heavy (non-hydrogen) atoms. The highest BCUT2D eigenvalue weighted by Gasteiger charge is 2.23. The summed E-state index contributed by atoms with van der Waals surface area (Å²) in [6.45, 7) is 7.54. The predicted octanol–water partition coefficient (Wildman–Crippen LogP) is 5.71. The summed E-state index contributed by atoms with van der Waals surface area (Å²) in [4.78, 5) is 5.01. The van der Waals surface area contributed by atoms with E-state index >= 15 is 0 Å². The third kappa shape index (κ3) is 5.05. The summed E-state index contributed by atoms with van der Waals surface area (Å²) in [5.74, 6) is 2.25. The Hall–Kier alpha value is -2.89. The summed E-state index contributed by atoms with van der Waals surface area (Å²) in [6.07, 6.45) is 0.726. The van der Waals surface area contributed by atoms with E-state index in [2.05, 4.69) is 47.1 Å². The fraction of sp³-hybridized carbons (Fsp3) is 0.333. The Balaban J connectivity index is 1.26. The smallest absolute Gasteiger partial charge is 0.231 e. The van der Waals surface area contributed by atoms with Gasteiger partial charge in [0.25, 0.3) is 0 Å². The van der Waals surface area contributed by atoms with Gasteiger partial charge in [0.2, 0.25) is 6.79 Å². The fourth-order valence-corrected chi connectivity index (χ4v) is 4.71. The van der Waals surface area contributed by atoms with Crippen LogP contribution in [0.25, 0.3) is 0 Å². The van der Waals surface area contributed by atoms with E-state index in [0.717, 1.165) is 56.2 Å². The molecule has 1 saturated heterocycles. The Morgan fingerprint density at radius 3 is 2.48 bits per heavy atom. The van der Waals surface area contributed by atoms with Gasteiger partial charge in [-0.3, -0.25) is 4.90 Å². The Morgan fingerprint density at radius 2 is 1.67 bits per heavy atom. The number of hydrogen-bond acceptors (Lipinski definition) is 5. The number of hydrogen-bond donors (Lipinski definition) is 0. The summed E-state index contributed by atoms with van der Waals surface area (Å²) in [5, 5.41) is 0.620. The minimum absolute atomic E-state index is 0.131. The van der Waals surface area contributed by atoms with E-state index in [1.165, 1.54) is 11.3 Å². The fourth-order valence-electron chi connectivity index (χ4n) is 4.53. The maximum absolute atomic E-state index is 6.42. The highest BCUT2D eigenvalue weighted by Crippen LogP contribution is 2.37. The highest BCUT2D eigenvalue weighted by atomic mass is 35.5. The number of fused-ring (bicyclic) bond motifs is 1. The van der Waals surface area contributed by atoms with Crippen LogP contribution in [-0.2, 0) is 0 Å². The molecule has 0 N–H and O–H groups in total. The van der Waals surface area contributed by atoms with Crippen molar-refractivity contribution in [3.63, 3.8) is 0 Å². The molecule has 1 unspecified atom stereocenters. The van der Waals surface area contributed by atoms with Crippen molar-refractivity contribution in [1.29, 1.82) is 0 Å². The molecule has 3 aromatic carbocycles.